The molecule has 1 aliphatic heterocycles. The fraction of sp³-hybridized carbons (Fsp3) is 0.846. The van der Waals surface area contributed by atoms with E-state index in [1.807, 2.05) is 0 Å². The maximum Gasteiger partial charge on any atom is 0.417 e. The van der Waals surface area contributed by atoms with Gasteiger partial charge in [-0.15, -0.1) is 0 Å². The standard InChI is InChI=1S/C13H20F3NO/c14-13(15,16)12(18)6-8-17(9-7-12)10-11-4-2-1-3-5-11/h1-2,11,18H,3-10H2/t11-/m0/s1. The van der Waals surface area contributed by atoms with Crippen LogP contribution in [0.4, 0.5) is 13.2 Å². The van der Waals surface area contributed by atoms with Crippen molar-refractivity contribution < 1.29 is 18.3 Å². The highest BCUT2D eigenvalue weighted by Gasteiger charge is 2.54. The summed E-state index contributed by atoms with van der Waals surface area (Å²) in [6.45, 7) is 1.55. The fourth-order valence-electron chi connectivity index (χ4n) is 2.78. The van der Waals surface area contributed by atoms with Gasteiger partial charge in [0.15, 0.2) is 5.60 Å². The average molecular weight is 263 g/mol. The van der Waals surface area contributed by atoms with Gasteiger partial charge in [-0.3, -0.25) is 0 Å². The lowest BCUT2D eigenvalue weighted by Crippen LogP contribution is -2.53. The third-order valence-corrected chi connectivity index (χ3v) is 4.10. The summed E-state index contributed by atoms with van der Waals surface area (Å²) in [6, 6.07) is 0. The molecule has 2 nitrogen and oxygen atoms in total. The van der Waals surface area contributed by atoms with E-state index in [1.54, 1.807) is 0 Å². The molecule has 0 radical (unpaired) electrons. The Hall–Kier alpha value is -0.550. The fourth-order valence-corrected chi connectivity index (χ4v) is 2.78. The Labute approximate surface area is 105 Å². The molecular formula is C13H20F3NO. The third-order valence-electron chi connectivity index (χ3n) is 4.10. The van der Waals surface area contributed by atoms with E-state index in [-0.39, 0.29) is 12.8 Å². The lowest BCUT2D eigenvalue weighted by Gasteiger charge is -2.40. The van der Waals surface area contributed by atoms with Gasteiger partial charge in [0.25, 0.3) is 0 Å². The van der Waals surface area contributed by atoms with Gasteiger partial charge in [-0.1, -0.05) is 12.2 Å². The first kappa shape index (κ1) is 13.9. The molecule has 0 aromatic heterocycles. The van der Waals surface area contributed by atoms with Gasteiger partial charge >= 0.3 is 6.18 Å². The number of likely N-dealkylation sites (tertiary alicyclic amines) is 1. The quantitative estimate of drug-likeness (QED) is 0.774. The molecule has 0 saturated carbocycles. The SMILES string of the molecule is OC1(C(F)(F)F)CCN(C[C@H]2CC=CCC2)CC1. The highest BCUT2D eigenvalue weighted by Crippen LogP contribution is 2.38. The van der Waals surface area contributed by atoms with Crippen LogP contribution in [0, 0.1) is 5.92 Å². The number of aliphatic hydroxyl groups is 1. The molecule has 0 bridgehead atoms. The van der Waals surface area contributed by atoms with E-state index in [1.165, 1.54) is 0 Å². The van der Waals surface area contributed by atoms with Crippen LogP contribution in [-0.2, 0) is 0 Å². The Bertz CT molecular complexity index is 306. The van der Waals surface area contributed by atoms with Gasteiger partial charge in [0.2, 0.25) is 0 Å². The molecule has 1 atom stereocenters. The van der Waals surface area contributed by atoms with Crippen molar-refractivity contribution in [2.45, 2.75) is 43.9 Å². The maximum atomic E-state index is 12.6. The molecule has 0 amide bonds. The Kier molecular flexibility index (Phi) is 4.02. The first-order valence-corrected chi connectivity index (χ1v) is 6.57. The number of piperidine rings is 1. The van der Waals surface area contributed by atoms with Crippen LogP contribution in [0.1, 0.15) is 32.1 Å². The van der Waals surface area contributed by atoms with Crippen LogP contribution < -0.4 is 0 Å². The van der Waals surface area contributed by atoms with E-state index < -0.39 is 11.8 Å². The summed E-state index contributed by atoms with van der Waals surface area (Å²) < 4.78 is 37.9. The summed E-state index contributed by atoms with van der Waals surface area (Å²) in [5.41, 5.74) is -2.46. The molecule has 0 unspecified atom stereocenters. The van der Waals surface area contributed by atoms with Crippen LogP contribution in [-0.4, -0.2) is 41.4 Å². The van der Waals surface area contributed by atoms with Gasteiger partial charge in [0.1, 0.15) is 0 Å². The van der Waals surface area contributed by atoms with Crippen LogP contribution >= 0.6 is 0 Å². The average Bonchev–Trinajstić information content (AvgIpc) is 2.32. The van der Waals surface area contributed by atoms with Crippen LogP contribution in [0.5, 0.6) is 0 Å². The molecular weight excluding hydrogens is 243 g/mol. The molecule has 0 spiro atoms. The molecule has 5 heteroatoms. The van der Waals surface area contributed by atoms with Gasteiger partial charge in [0.05, 0.1) is 0 Å². The molecule has 1 saturated heterocycles. The van der Waals surface area contributed by atoms with Crippen molar-refractivity contribution in [2.24, 2.45) is 5.92 Å². The molecule has 0 aromatic rings. The topological polar surface area (TPSA) is 23.5 Å². The second kappa shape index (κ2) is 5.21. The van der Waals surface area contributed by atoms with E-state index in [2.05, 4.69) is 17.1 Å². The van der Waals surface area contributed by atoms with Gasteiger partial charge in [-0.2, -0.15) is 13.2 Å². The molecule has 1 N–H and O–H groups in total. The molecule has 1 fully saturated rings. The Balaban J connectivity index is 1.81. The van der Waals surface area contributed by atoms with Crippen molar-refractivity contribution in [3.05, 3.63) is 12.2 Å². The highest BCUT2D eigenvalue weighted by molar-refractivity contribution is 4.94. The molecule has 104 valence electrons. The lowest BCUT2D eigenvalue weighted by molar-refractivity contribution is -0.272. The Morgan fingerprint density at radius 2 is 1.89 bits per heavy atom. The van der Waals surface area contributed by atoms with Crippen molar-refractivity contribution in [2.75, 3.05) is 19.6 Å². The van der Waals surface area contributed by atoms with Crippen molar-refractivity contribution >= 4 is 0 Å². The third kappa shape index (κ3) is 3.06. The highest BCUT2D eigenvalue weighted by atomic mass is 19.4. The summed E-state index contributed by atoms with van der Waals surface area (Å²) in [5.74, 6) is 0.562. The zero-order valence-corrected chi connectivity index (χ0v) is 10.4. The summed E-state index contributed by atoms with van der Waals surface area (Å²) in [5, 5.41) is 9.57. The Morgan fingerprint density at radius 3 is 2.39 bits per heavy atom. The van der Waals surface area contributed by atoms with E-state index in [0.717, 1.165) is 25.8 Å². The number of hydrogen-bond acceptors (Lipinski definition) is 2. The minimum Gasteiger partial charge on any atom is -0.380 e. The smallest absolute Gasteiger partial charge is 0.380 e. The van der Waals surface area contributed by atoms with Gasteiger partial charge in [-0.25, -0.2) is 0 Å². The summed E-state index contributed by atoms with van der Waals surface area (Å²) in [7, 11) is 0. The second-order valence-corrected chi connectivity index (χ2v) is 5.48. The van der Waals surface area contributed by atoms with Crippen molar-refractivity contribution in [3.8, 4) is 0 Å². The predicted octanol–water partition coefficient (Wildman–Crippen LogP) is 2.73. The van der Waals surface area contributed by atoms with Gasteiger partial charge in [-0.05, 0) is 38.0 Å². The van der Waals surface area contributed by atoms with Crippen LogP contribution in [0.2, 0.25) is 0 Å². The number of rotatable bonds is 2. The zero-order valence-electron chi connectivity index (χ0n) is 10.4. The van der Waals surface area contributed by atoms with Gasteiger partial charge < -0.3 is 10.0 Å². The van der Waals surface area contributed by atoms with Crippen molar-refractivity contribution in [3.63, 3.8) is 0 Å². The lowest BCUT2D eigenvalue weighted by atomic mass is 9.88. The van der Waals surface area contributed by atoms with E-state index in [9.17, 15) is 18.3 Å². The summed E-state index contributed by atoms with van der Waals surface area (Å²) in [6.07, 6.45) is 2.66. The summed E-state index contributed by atoms with van der Waals surface area (Å²) in [4.78, 5) is 2.06. The zero-order chi connectivity index (χ0) is 13.2. The molecule has 1 aliphatic carbocycles. The minimum atomic E-state index is -4.49. The normalized spacial score (nSPS) is 29.4. The van der Waals surface area contributed by atoms with Crippen molar-refractivity contribution in [1.29, 1.82) is 0 Å². The van der Waals surface area contributed by atoms with Crippen LogP contribution in [0.15, 0.2) is 12.2 Å². The minimum absolute atomic E-state index is 0.195. The van der Waals surface area contributed by atoms with Gasteiger partial charge in [0, 0.05) is 19.6 Å². The molecule has 0 aromatic carbocycles. The molecule has 2 rings (SSSR count). The van der Waals surface area contributed by atoms with E-state index in [0.29, 0.717) is 19.0 Å². The van der Waals surface area contributed by atoms with E-state index >= 15 is 0 Å². The maximum absolute atomic E-state index is 12.6. The molecule has 1 heterocycles. The first-order chi connectivity index (χ1) is 8.41. The van der Waals surface area contributed by atoms with E-state index in [4.69, 9.17) is 0 Å². The first-order valence-electron chi connectivity index (χ1n) is 6.57. The molecule has 2 aliphatic rings. The number of halogens is 3. The summed E-state index contributed by atoms with van der Waals surface area (Å²) >= 11 is 0. The second-order valence-electron chi connectivity index (χ2n) is 5.48. The monoisotopic (exact) mass is 263 g/mol. The largest absolute Gasteiger partial charge is 0.417 e. The number of nitrogens with zero attached hydrogens (tertiary/aromatic N) is 1. The molecule has 18 heavy (non-hydrogen) atoms. The van der Waals surface area contributed by atoms with Crippen LogP contribution in [0.25, 0.3) is 0 Å². The Morgan fingerprint density at radius 1 is 1.22 bits per heavy atom. The number of alkyl halides is 3. The number of hydrogen-bond donors (Lipinski definition) is 1. The van der Waals surface area contributed by atoms with Crippen LogP contribution in [0.3, 0.4) is 0 Å². The predicted molar refractivity (Wildman–Crippen MR) is 63.2 cm³/mol. The number of allylic oxidation sites excluding steroid dienone is 2. The van der Waals surface area contributed by atoms with Crippen molar-refractivity contribution in [1.82, 2.24) is 4.90 Å².